The van der Waals surface area contributed by atoms with Crippen LogP contribution in [0.25, 0.3) is 0 Å². The first kappa shape index (κ1) is 32.5. The highest BCUT2D eigenvalue weighted by Crippen LogP contribution is 2.64. The van der Waals surface area contributed by atoms with E-state index in [4.69, 9.17) is 4.84 Å². The molecule has 3 aliphatic rings. The number of nitrogens with zero attached hydrogens (tertiary/aromatic N) is 3. The molecule has 1 aromatic rings. The Labute approximate surface area is 252 Å². The fourth-order valence-corrected chi connectivity index (χ4v) is 10.1. The Bertz CT molecular complexity index is 1020. The molecular formula is C36H61N3O2. The summed E-state index contributed by atoms with van der Waals surface area (Å²) in [4.78, 5) is 25.0. The maximum atomic E-state index is 13.4. The van der Waals surface area contributed by atoms with Crippen LogP contribution in [-0.4, -0.2) is 68.2 Å². The average Bonchev–Trinajstić information content (AvgIpc) is 2.82. The monoisotopic (exact) mass is 567 g/mol. The van der Waals surface area contributed by atoms with Crippen molar-refractivity contribution in [2.75, 3.05) is 14.1 Å². The van der Waals surface area contributed by atoms with Gasteiger partial charge in [0, 0.05) is 22.2 Å². The van der Waals surface area contributed by atoms with E-state index >= 15 is 0 Å². The lowest BCUT2D eigenvalue weighted by Crippen LogP contribution is -2.70. The van der Waals surface area contributed by atoms with Crippen molar-refractivity contribution < 1.29 is 9.63 Å². The molecular weight excluding hydrogens is 506 g/mol. The van der Waals surface area contributed by atoms with Crippen molar-refractivity contribution in [1.82, 2.24) is 14.9 Å². The van der Waals surface area contributed by atoms with Gasteiger partial charge in [0.1, 0.15) is 0 Å². The normalized spacial score (nSPS) is 29.6. The van der Waals surface area contributed by atoms with Gasteiger partial charge in [-0.1, -0.05) is 18.2 Å². The van der Waals surface area contributed by atoms with Crippen LogP contribution in [0.15, 0.2) is 30.3 Å². The molecule has 0 unspecified atom stereocenters. The summed E-state index contributed by atoms with van der Waals surface area (Å²) in [5.74, 6) is 0.894. The Morgan fingerprint density at radius 1 is 0.610 bits per heavy atom. The van der Waals surface area contributed by atoms with Crippen LogP contribution >= 0.6 is 0 Å². The smallest absolute Gasteiger partial charge is 0.357 e. The quantitative estimate of drug-likeness (QED) is 0.366. The van der Waals surface area contributed by atoms with E-state index < -0.39 is 0 Å². The van der Waals surface area contributed by atoms with Gasteiger partial charge >= 0.3 is 5.97 Å². The number of carbonyl (C=O) groups is 1. The van der Waals surface area contributed by atoms with Crippen LogP contribution in [0.5, 0.6) is 0 Å². The maximum Gasteiger partial charge on any atom is 0.357 e. The van der Waals surface area contributed by atoms with Crippen molar-refractivity contribution in [2.45, 2.75) is 155 Å². The molecule has 1 aromatic carbocycles. The number of benzene rings is 1. The van der Waals surface area contributed by atoms with Gasteiger partial charge in [0.2, 0.25) is 0 Å². The van der Waals surface area contributed by atoms with Crippen LogP contribution in [-0.2, 0) is 4.84 Å². The number of hydrogen-bond acceptors (Lipinski definition) is 5. The molecule has 0 aliphatic carbocycles. The summed E-state index contributed by atoms with van der Waals surface area (Å²) >= 11 is 0. The molecule has 3 aliphatic heterocycles. The summed E-state index contributed by atoms with van der Waals surface area (Å²) in [5.41, 5.74) is 0.537. The largest absolute Gasteiger partial charge is 0.363 e. The fourth-order valence-electron chi connectivity index (χ4n) is 10.1. The van der Waals surface area contributed by atoms with Crippen molar-refractivity contribution >= 4 is 5.97 Å². The van der Waals surface area contributed by atoms with E-state index in [-0.39, 0.29) is 44.6 Å². The van der Waals surface area contributed by atoms with Gasteiger partial charge in [0.05, 0.1) is 16.6 Å². The van der Waals surface area contributed by atoms with Crippen LogP contribution in [0.3, 0.4) is 0 Å². The Balaban J connectivity index is 1.82. The minimum Gasteiger partial charge on any atom is -0.363 e. The van der Waals surface area contributed by atoms with Crippen molar-refractivity contribution in [3.63, 3.8) is 0 Å². The second-order valence-corrected chi connectivity index (χ2v) is 17.8. The third kappa shape index (κ3) is 5.77. The van der Waals surface area contributed by atoms with Gasteiger partial charge < -0.3 is 4.84 Å². The van der Waals surface area contributed by atoms with Crippen molar-refractivity contribution in [2.24, 2.45) is 17.3 Å². The standard InChI is InChI=1S/C36H61N3O2/c1-30(2)20-27(21-31(3,4)37(30)13)36(28-22-32(5,6)38(14)33(7,8)23-28)24-34(9,10)39(35(11,12)25-36)41-29(40)26-18-16-15-17-19-26/h15-19,27-28H,20-25H2,1-14H3. The molecule has 0 amide bonds. The third-order valence-corrected chi connectivity index (χ3v) is 12.0. The molecule has 232 valence electrons. The number of piperidine rings is 3. The Hall–Kier alpha value is -1.43. The van der Waals surface area contributed by atoms with Crippen LogP contribution in [0.2, 0.25) is 0 Å². The molecule has 0 radical (unpaired) electrons. The van der Waals surface area contributed by atoms with Crippen LogP contribution < -0.4 is 0 Å². The van der Waals surface area contributed by atoms with Gasteiger partial charge in [0.25, 0.3) is 0 Å². The maximum absolute atomic E-state index is 13.4. The Morgan fingerprint density at radius 3 is 1.29 bits per heavy atom. The zero-order valence-corrected chi connectivity index (χ0v) is 28.9. The molecule has 4 rings (SSSR count). The molecule has 3 heterocycles. The summed E-state index contributed by atoms with van der Waals surface area (Å²) in [6.07, 6.45) is 6.80. The summed E-state index contributed by atoms with van der Waals surface area (Å²) in [6.45, 7) is 28.9. The zero-order chi connectivity index (χ0) is 31.0. The zero-order valence-electron chi connectivity index (χ0n) is 28.9. The van der Waals surface area contributed by atoms with E-state index in [1.165, 1.54) is 25.7 Å². The summed E-state index contributed by atoms with van der Waals surface area (Å²) in [7, 11) is 4.65. The molecule has 0 saturated carbocycles. The molecule has 3 saturated heterocycles. The number of hydroxylamine groups is 2. The molecule has 41 heavy (non-hydrogen) atoms. The van der Waals surface area contributed by atoms with Gasteiger partial charge in [0.15, 0.2) is 0 Å². The van der Waals surface area contributed by atoms with E-state index in [9.17, 15) is 4.79 Å². The van der Waals surface area contributed by atoms with E-state index in [1.54, 1.807) is 0 Å². The molecule has 0 spiro atoms. The average molecular weight is 568 g/mol. The number of likely N-dealkylation sites (tertiary alicyclic amines) is 2. The van der Waals surface area contributed by atoms with Gasteiger partial charge in [-0.2, -0.15) is 0 Å². The van der Waals surface area contributed by atoms with E-state index in [0.29, 0.717) is 17.4 Å². The number of carbonyl (C=O) groups excluding carboxylic acids is 1. The van der Waals surface area contributed by atoms with Gasteiger partial charge in [-0.25, -0.2) is 4.79 Å². The minimum atomic E-state index is -0.318. The first-order chi connectivity index (χ1) is 18.5. The lowest BCUT2D eigenvalue weighted by molar-refractivity contribution is -0.283. The van der Waals surface area contributed by atoms with Gasteiger partial charge in [-0.3, -0.25) is 9.80 Å². The second-order valence-electron chi connectivity index (χ2n) is 17.8. The summed E-state index contributed by atoms with van der Waals surface area (Å²) in [6, 6.07) is 9.45. The molecule has 0 atom stereocenters. The lowest BCUT2D eigenvalue weighted by atomic mass is 9.47. The highest BCUT2D eigenvalue weighted by Gasteiger charge is 2.64. The first-order valence-electron chi connectivity index (χ1n) is 16.0. The number of rotatable bonds is 4. The SMILES string of the molecule is CN1C(C)(C)CC(C2(C3CC(C)(C)N(C)C(C)(C)C3)CC(C)(C)N(OC(=O)c3ccccc3)C(C)(C)C2)CC1(C)C. The lowest BCUT2D eigenvalue weighted by Gasteiger charge is -2.68. The predicted molar refractivity (Wildman–Crippen MR) is 171 cm³/mol. The Morgan fingerprint density at radius 2 is 0.951 bits per heavy atom. The van der Waals surface area contributed by atoms with Crippen LogP contribution in [0.1, 0.15) is 132 Å². The van der Waals surface area contributed by atoms with E-state index in [1.807, 2.05) is 30.3 Å². The topological polar surface area (TPSA) is 36.0 Å². The highest BCUT2D eigenvalue weighted by molar-refractivity contribution is 5.89. The molecule has 0 N–H and O–H groups in total. The Kier molecular flexibility index (Phi) is 7.97. The van der Waals surface area contributed by atoms with Gasteiger partial charge in [-0.15, -0.1) is 5.06 Å². The summed E-state index contributed by atoms with van der Waals surface area (Å²) in [5, 5.41) is 2.07. The fraction of sp³-hybridized carbons (Fsp3) is 0.806. The summed E-state index contributed by atoms with van der Waals surface area (Å²) < 4.78 is 0. The third-order valence-electron chi connectivity index (χ3n) is 12.0. The van der Waals surface area contributed by atoms with E-state index in [0.717, 1.165) is 12.8 Å². The van der Waals surface area contributed by atoms with E-state index in [2.05, 4.69) is 112 Å². The molecule has 0 aromatic heterocycles. The van der Waals surface area contributed by atoms with Gasteiger partial charge in [-0.05, 0) is 165 Å². The number of hydrogen-bond donors (Lipinski definition) is 0. The van der Waals surface area contributed by atoms with Crippen molar-refractivity contribution in [3.8, 4) is 0 Å². The van der Waals surface area contributed by atoms with Crippen LogP contribution in [0, 0.1) is 17.3 Å². The highest BCUT2D eigenvalue weighted by atomic mass is 16.7. The molecule has 5 nitrogen and oxygen atoms in total. The van der Waals surface area contributed by atoms with Crippen molar-refractivity contribution in [3.05, 3.63) is 35.9 Å². The predicted octanol–water partition coefficient (Wildman–Crippen LogP) is 8.20. The second kappa shape index (κ2) is 10.1. The first-order valence-corrected chi connectivity index (χ1v) is 16.0. The van der Waals surface area contributed by atoms with Crippen LogP contribution in [0.4, 0.5) is 0 Å². The molecule has 5 heteroatoms. The molecule has 3 fully saturated rings. The molecule has 0 bridgehead atoms. The minimum absolute atomic E-state index is 0.112. The van der Waals surface area contributed by atoms with Crippen molar-refractivity contribution in [1.29, 1.82) is 0 Å².